The molecule has 0 aromatic rings. The van der Waals surface area contributed by atoms with Crippen LogP contribution in [0.25, 0.3) is 0 Å². The maximum atomic E-state index is 9.50. The maximum absolute atomic E-state index is 9.50. The zero-order valence-electron chi connectivity index (χ0n) is 9.82. The number of nitrogens with zero attached hydrogens (tertiary/aromatic N) is 1. The Morgan fingerprint density at radius 2 is 2.13 bits per heavy atom. The average Bonchev–Trinajstić information content (AvgIpc) is 2.23. The van der Waals surface area contributed by atoms with Gasteiger partial charge < -0.3 is 15.1 Å². The molecular weight excluding hydrogens is 190 g/mol. The number of likely N-dealkylation sites (tertiary alicyclic amines) is 1. The number of hydrogen-bond acceptors (Lipinski definition) is 3. The van der Waals surface area contributed by atoms with Crippen molar-refractivity contribution in [2.24, 2.45) is 0 Å². The van der Waals surface area contributed by atoms with Crippen molar-refractivity contribution >= 4 is 0 Å². The van der Waals surface area contributed by atoms with Gasteiger partial charge in [0.25, 0.3) is 0 Å². The molecule has 1 rings (SSSR count). The highest BCUT2D eigenvalue weighted by atomic mass is 16.3. The van der Waals surface area contributed by atoms with Crippen LogP contribution in [-0.4, -0.2) is 47.0 Å². The van der Waals surface area contributed by atoms with E-state index in [1.807, 2.05) is 0 Å². The third kappa shape index (κ3) is 4.33. The van der Waals surface area contributed by atoms with Crippen LogP contribution in [0.1, 0.15) is 33.1 Å². The maximum Gasteiger partial charge on any atom is 0.0926 e. The van der Waals surface area contributed by atoms with E-state index in [2.05, 4.69) is 24.8 Å². The quantitative estimate of drug-likeness (QED) is 0.689. The summed E-state index contributed by atoms with van der Waals surface area (Å²) < 4.78 is 0. The monoisotopic (exact) mass is 213 g/mol. The Labute approximate surface area is 92.4 Å². The van der Waals surface area contributed by atoms with Crippen molar-refractivity contribution in [3.8, 4) is 0 Å². The molecule has 0 aromatic carbocycles. The van der Waals surface area contributed by atoms with Gasteiger partial charge in [-0.15, -0.1) is 0 Å². The smallest absolute Gasteiger partial charge is 0.0926 e. The third-order valence-electron chi connectivity index (χ3n) is 3.13. The van der Waals surface area contributed by atoms with Gasteiger partial charge in [0.15, 0.2) is 0 Å². The number of hydrogen-bond donors (Lipinski definition) is 2. The summed E-state index contributed by atoms with van der Waals surface area (Å²) in [5.41, 5.74) is 1.42. The Balaban J connectivity index is 2.23. The molecule has 1 fully saturated rings. The molecule has 0 bridgehead atoms. The van der Waals surface area contributed by atoms with Gasteiger partial charge in [-0.05, 0) is 26.2 Å². The van der Waals surface area contributed by atoms with E-state index in [0.29, 0.717) is 13.0 Å². The molecule has 0 amide bonds. The van der Waals surface area contributed by atoms with Crippen molar-refractivity contribution in [2.45, 2.75) is 45.3 Å². The lowest BCUT2D eigenvalue weighted by Crippen LogP contribution is -2.46. The van der Waals surface area contributed by atoms with Gasteiger partial charge in [0.05, 0.1) is 12.2 Å². The molecule has 1 aliphatic rings. The molecule has 1 aliphatic heterocycles. The summed E-state index contributed by atoms with van der Waals surface area (Å²) in [6, 6.07) is 0. The van der Waals surface area contributed by atoms with E-state index in [0.717, 1.165) is 25.9 Å². The molecule has 1 saturated heterocycles. The number of aliphatic hydroxyl groups is 2. The van der Waals surface area contributed by atoms with Crippen LogP contribution in [0.5, 0.6) is 0 Å². The summed E-state index contributed by atoms with van der Waals surface area (Å²) in [5.74, 6) is 0. The minimum atomic E-state index is -0.560. The zero-order valence-corrected chi connectivity index (χ0v) is 9.82. The van der Waals surface area contributed by atoms with Crippen LogP contribution < -0.4 is 0 Å². The summed E-state index contributed by atoms with van der Waals surface area (Å²) in [5, 5.41) is 18.9. The van der Waals surface area contributed by atoms with Gasteiger partial charge in [-0.1, -0.05) is 18.6 Å². The lowest BCUT2D eigenvalue weighted by atomic mass is 10.0. The van der Waals surface area contributed by atoms with Crippen molar-refractivity contribution in [3.63, 3.8) is 0 Å². The van der Waals surface area contributed by atoms with Crippen molar-refractivity contribution in [1.82, 2.24) is 4.90 Å². The molecule has 15 heavy (non-hydrogen) atoms. The van der Waals surface area contributed by atoms with Crippen LogP contribution in [-0.2, 0) is 0 Å². The van der Waals surface area contributed by atoms with Crippen LogP contribution in [0.15, 0.2) is 11.6 Å². The first kappa shape index (κ1) is 12.7. The van der Waals surface area contributed by atoms with E-state index in [1.54, 1.807) is 0 Å². The van der Waals surface area contributed by atoms with Crippen molar-refractivity contribution < 1.29 is 10.2 Å². The highest BCUT2D eigenvalue weighted by Gasteiger charge is 2.24. The molecule has 0 aromatic heterocycles. The van der Waals surface area contributed by atoms with E-state index in [1.165, 1.54) is 5.57 Å². The Kier molecular flexibility index (Phi) is 5.29. The Morgan fingerprint density at radius 1 is 1.40 bits per heavy atom. The van der Waals surface area contributed by atoms with Crippen LogP contribution in [0.4, 0.5) is 0 Å². The summed E-state index contributed by atoms with van der Waals surface area (Å²) in [6.07, 6.45) is 4.03. The summed E-state index contributed by atoms with van der Waals surface area (Å²) in [4.78, 5) is 2.22. The number of rotatable bonds is 4. The van der Waals surface area contributed by atoms with Crippen molar-refractivity contribution in [1.29, 1.82) is 0 Å². The summed E-state index contributed by atoms with van der Waals surface area (Å²) in [6.45, 7) is 6.81. The second kappa shape index (κ2) is 6.26. The third-order valence-corrected chi connectivity index (χ3v) is 3.13. The zero-order chi connectivity index (χ0) is 11.3. The minimum Gasteiger partial charge on any atom is -0.390 e. The van der Waals surface area contributed by atoms with E-state index >= 15 is 0 Å². The minimum absolute atomic E-state index is 0.519. The highest BCUT2D eigenvalue weighted by Crippen LogP contribution is 2.11. The molecule has 0 saturated carbocycles. The first-order valence-corrected chi connectivity index (χ1v) is 5.87. The lowest BCUT2D eigenvalue weighted by molar-refractivity contribution is -0.0377. The number of aliphatic hydroxyl groups excluding tert-OH is 2. The normalized spacial score (nSPS) is 29.5. The number of β-amino-alcohol motifs (C(OH)–C–C–N with tert-alkyl or cyclic N) is 1. The second-order valence-corrected chi connectivity index (χ2v) is 4.42. The van der Waals surface area contributed by atoms with Crippen LogP contribution in [0.2, 0.25) is 0 Å². The molecule has 0 unspecified atom stereocenters. The topological polar surface area (TPSA) is 43.7 Å². The summed E-state index contributed by atoms with van der Waals surface area (Å²) in [7, 11) is 0. The molecule has 1 heterocycles. The second-order valence-electron chi connectivity index (χ2n) is 4.42. The Hall–Kier alpha value is -0.380. The average molecular weight is 213 g/mol. The number of allylic oxidation sites excluding steroid dienone is 1. The fourth-order valence-corrected chi connectivity index (χ4v) is 1.83. The molecule has 0 radical (unpaired) electrons. The molecular formula is C12H23NO2. The number of piperidine rings is 1. The molecule has 2 atom stereocenters. The van der Waals surface area contributed by atoms with Crippen LogP contribution in [0, 0.1) is 0 Å². The lowest BCUT2D eigenvalue weighted by Gasteiger charge is -2.33. The van der Waals surface area contributed by atoms with Gasteiger partial charge >= 0.3 is 0 Å². The first-order chi connectivity index (χ1) is 7.13. The molecule has 0 aliphatic carbocycles. The van der Waals surface area contributed by atoms with Gasteiger partial charge in [-0.25, -0.2) is 0 Å². The van der Waals surface area contributed by atoms with E-state index < -0.39 is 12.2 Å². The highest BCUT2D eigenvalue weighted by molar-refractivity contribution is 4.97. The molecule has 2 N–H and O–H groups in total. The molecule has 0 spiro atoms. The standard InChI is InChI=1S/C12H23NO2/c1-3-10(2)5-4-7-13-8-6-11(14)12(15)9-13/h5,11-12,14-15H,3-4,6-9H2,1-2H3/t11-,12+/m0/s1. The SMILES string of the molecule is CCC(C)=CCCN1CC[C@H](O)[C@H](O)C1. The largest absolute Gasteiger partial charge is 0.390 e. The first-order valence-electron chi connectivity index (χ1n) is 5.87. The van der Waals surface area contributed by atoms with Gasteiger partial charge in [-0.3, -0.25) is 0 Å². The molecule has 3 nitrogen and oxygen atoms in total. The fraction of sp³-hybridized carbons (Fsp3) is 0.833. The van der Waals surface area contributed by atoms with Gasteiger partial charge in [-0.2, -0.15) is 0 Å². The molecule has 88 valence electrons. The van der Waals surface area contributed by atoms with Crippen molar-refractivity contribution in [2.75, 3.05) is 19.6 Å². The Morgan fingerprint density at radius 3 is 2.73 bits per heavy atom. The van der Waals surface area contributed by atoms with Crippen LogP contribution in [0.3, 0.4) is 0 Å². The van der Waals surface area contributed by atoms with Gasteiger partial charge in [0.2, 0.25) is 0 Å². The van der Waals surface area contributed by atoms with E-state index in [4.69, 9.17) is 0 Å². The molecule has 3 heteroatoms. The van der Waals surface area contributed by atoms with Crippen LogP contribution >= 0.6 is 0 Å². The van der Waals surface area contributed by atoms with E-state index in [9.17, 15) is 10.2 Å². The van der Waals surface area contributed by atoms with Gasteiger partial charge in [0, 0.05) is 19.6 Å². The van der Waals surface area contributed by atoms with Gasteiger partial charge in [0.1, 0.15) is 0 Å². The predicted octanol–water partition coefficient (Wildman–Crippen LogP) is 1.16. The van der Waals surface area contributed by atoms with Crippen molar-refractivity contribution in [3.05, 3.63) is 11.6 Å². The fourth-order valence-electron chi connectivity index (χ4n) is 1.83. The predicted molar refractivity (Wildman–Crippen MR) is 61.7 cm³/mol. The summed E-state index contributed by atoms with van der Waals surface area (Å²) >= 11 is 0. The Bertz CT molecular complexity index is 216. The van der Waals surface area contributed by atoms with E-state index in [-0.39, 0.29) is 0 Å².